The van der Waals surface area contributed by atoms with E-state index in [2.05, 4.69) is 0 Å². The third-order valence-electron chi connectivity index (χ3n) is 1.68. The van der Waals surface area contributed by atoms with Gasteiger partial charge in [-0.05, 0) is 18.2 Å². The molecule has 1 N–H and O–H groups in total. The van der Waals surface area contributed by atoms with Crippen LogP contribution in [0.2, 0.25) is 0 Å². The van der Waals surface area contributed by atoms with E-state index in [-0.39, 0.29) is 4.90 Å². The summed E-state index contributed by atoms with van der Waals surface area (Å²) in [4.78, 5) is 11.4. The lowest BCUT2D eigenvalue weighted by Crippen LogP contribution is -2.14. The fraction of sp³-hybridized carbons (Fsp3) is 0.125. The van der Waals surface area contributed by atoms with Crippen LogP contribution in [0.3, 0.4) is 0 Å². The molecule has 0 heterocycles. The smallest absolute Gasteiger partial charge is 0.294 e. The highest BCUT2D eigenvalue weighted by molar-refractivity contribution is 7.85. The summed E-state index contributed by atoms with van der Waals surface area (Å²) in [7, 11) is -2.73. The number of carbonyl (C=O) groups excluding carboxylic acids is 1. The Hall–Kier alpha value is -1.40. The molecule has 6 heteroatoms. The quantitative estimate of drug-likeness (QED) is 0.589. The van der Waals surface area contributed by atoms with Gasteiger partial charge in [0.15, 0.2) is 0 Å². The SMILES string of the molecule is CN(C=O)c1cccc(S(=O)(=O)O)c1. The third kappa shape index (κ3) is 2.30. The van der Waals surface area contributed by atoms with E-state index in [4.69, 9.17) is 4.55 Å². The van der Waals surface area contributed by atoms with Crippen LogP contribution in [0.25, 0.3) is 0 Å². The summed E-state index contributed by atoms with van der Waals surface area (Å²) in [6.45, 7) is 0. The first-order valence-electron chi connectivity index (χ1n) is 3.71. The van der Waals surface area contributed by atoms with Crippen LogP contribution in [0.1, 0.15) is 0 Å². The van der Waals surface area contributed by atoms with Gasteiger partial charge in [-0.25, -0.2) is 0 Å². The number of anilines is 1. The maximum Gasteiger partial charge on any atom is 0.294 e. The second-order valence-electron chi connectivity index (χ2n) is 2.69. The van der Waals surface area contributed by atoms with Crippen molar-refractivity contribution in [2.75, 3.05) is 11.9 Å². The van der Waals surface area contributed by atoms with Gasteiger partial charge in [-0.3, -0.25) is 9.35 Å². The van der Waals surface area contributed by atoms with Gasteiger partial charge >= 0.3 is 0 Å². The van der Waals surface area contributed by atoms with E-state index < -0.39 is 10.1 Å². The van der Waals surface area contributed by atoms with Gasteiger partial charge in [0, 0.05) is 12.7 Å². The lowest BCUT2D eigenvalue weighted by Gasteiger charge is -2.10. The molecule has 5 nitrogen and oxygen atoms in total. The minimum atomic E-state index is -4.21. The Morgan fingerprint density at radius 2 is 2.07 bits per heavy atom. The highest BCUT2D eigenvalue weighted by Gasteiger charge is 2.10. The number of hydrogen-bond acceptors (Lipinski definition) is 3. The Morgan fingerprint density at radius 3 is 2.57 bits per heavy atom. The Morgan fingerprint density at radius 1 is 1.43 bits per heavy atom. The first-order valence-corrected chi connectivity index (χ1v) is 5.15. The molecule has 14 heavy (non-hydrogen) atoms. The summed E-state index contributed by atoms with van der Waals surface area (Å²) >= 11 is 0. The van der Waals surface area contributed by atoms with Crippen molar-refractivity contribution in [3.63, 3.8) is 0 Å². The molecule has 0 aliphatic carbocycles. The van der Waals surface area contributed by atoms with Crippen LogP contribution in [0, 0.1) is 0 Å². The minimum Gasteiger partial charge on any atom is -0.318 e. The number of carbonyl (C=O) groups is 1. The molecule has 0 atom stereocenters. The van der Waals surface area contributed by atoms with E-state index >= 15 is 0 Å². The Labute approximate surface area is 81.7 Å². The maximum atomic E-state index is 10.7. The maximum absolute atomic E-state index is 10.7. The first kappa shape index (κ1) is 10.7. The number of hydrogen-bond donors (Lipinski definition) is 1. The molecule has 1 aromatic rings. The van der Waals surface area contributed by atoms with Crippen molar-refractivity contribution in [1.29, 1.82) is 0 Å². The van der Waals surface area contributed by atoms with E-state index in [1.54, 1.807) is 6.07 Å². The van der Waals surface area contributed by atoms with Crippen molar-refractivity contribution < 1.29 is 17.8 Å². The van der Waals surface area contributed by atoms with Crippen LogP contribution in [0.15, 0.2) is 29.2 Å². The molecule has 76 valence electrons. The standard InChI is InChI=1S/C8H9NO4S/c1-9(6-10)7-3-2-4-8(5-7)14(11,12)13/h2-6H,1H3,(H,11,12,13). The molecule has 1 aromatic carbocycles. The Kier molecular flexibility index (Phi) is 2.87. The Bertz CT molecular complexity index is 440. The fourth-order valence-electron chi connectivity index (χ4n) is 0.924. The molecule has 0 spiro atoms. The third-order valence-corrected chi connectivity index (χ3v) is 2.53. The van der Waals surface area contributed by atoms with E-state index in [0.717, 1.165) is 0 Å². The van der Waals surface area contributed by atoms with E-state index in [1.807, 2.05) is 0 Å². The molecule has 0 aliphatic heterocycles. The zero-order chi connectivity index (χ0) is 10.8. The van der Waals surface area contributed by atoms with Crippen LogP contribution < -0.4 is 4.90 Å². The van der Waals surface area contributed by atoms with Gasteiger partial charge < -0.3 is 4.90 Å². The molecule has 0 fully saturated rings. The average molecular weight is 215 g/mol. The number of nitrogens with zero attached hydrogens (tertiary/aromatic N) is 1. The second kappa shape index (κ2) is 3.77. The minimum absolute atomic E-state index is 0.233. The molecule has 0 saturated heterocycles. The van der Waals surface area contributed by atoms with Gasteiger partial charge in [-0.15, -0.1) is 0 Å². The summed E-state index contributed by atoms with van der Waals surface area (Å²) in [6, 6.07) is 5.46. The summed E-state index contributed by atoms with van der Waals surface area (Å²) in [5.41, 5.74) is 0.398. The van der Waals surface area contributed by atoms with Crippen molar-refractivity contribution in [2.45, 2.75) is 4.90 Å². The molecule has 0 unspecified atom stereocenters. The number of rotatable bonds is 3. The second-order valence-corrected chi connectivity index (χ2v) is 4.11. The van der Waals surface area contributed by atoms with Crippen molar-refractivity contribution >= 4 is 22.2 Å². The normalized spacial score (nSPS) is 11.0. The average Bonchev–Trinajstić information content (AvgIpc) is 2.15. The number of benzene rings is 1. The zero-order valence-corrected chi connectivity index (χ0v) is 8.23. The molecular formula is C8H9NO4S. The molecule has 0 aliphatic rings. The van der Waals surface area contributed by atoms with Crippen LogP contribution in [-0.2, 0) is 14.9 Å². The van der Waals surface area contributed by atoms with Gasteiger partial charge in [0.05, 0.1) is 4.90 Å². The summed E-state index contributed by atoms with van der Waals surface area (Å²) < 4.78 is 30.2. The van der Waals surface area contributed by atoms with Crippen molar-refractivity contribution in [2.24, 2.45) is 0 Å². The molecule has 1 amide bonds. The van der Waals surface area contributed by atoms with Crippen LogP contribution >= 0.6 is 0 Å². The molecule has 0 radical (unpaired) electrons. The van der Waals surface area contributed by atoms with Crippen LogP contribution in [0.5, 0.6) is 0 Å². The summed E-state index contributed by atoms with van der Waals surface area (Å²) in [6.07, 6.45) is 0.545. The molecule has 0 aromatic heterocycles. The lowest BCUT2D eigenvalue weighted by molar-refractivity contribution is -0.107. The summed E-state index contributed by atoms with van der Waals surface area (Å²) in [5.74, 6) is 0. The molecule has 1 rings (SSSR count). The van der Waals surface area contributed by atoms with Crippen LogP contribution in [0.4, 0.5) is 5.69 Å². The fourth-order valence-corrected chi connectivity index (χ4v) is 1.44. The largest absolute Gasteiger partial charge is 0.318 e. The first-order chi connectivity index (χ1) is 6.45. The van der Waals surface area contributed by atoms with Crippen LogP contribution in [-0.4, -0.2) is 26.4 Å². The predicted molar refractivity (Wildman–Crippen MR) is 50.7 cm³/mol. The highest BCUT2D eigenvalue weighted by Crippen LogP contribution is 2.16. The molecular weight excluding hydrogens is 206 g/mol. The molecule has 0 saturated carbocycles. The van der Waals surface area contributed by atoms with E-state index in [0.29, 0.717) is 12.1 Å². The van der Waals surface area contributed by atoms with Crippen molar-refractivity contribution in [3.05, 3.63) is 24.3 Å². The predicted octanol–water partition coefficient (Wildman–Crippen LogP) is 0.526. The number of amides is 1. The van der Waals surface area contributed by atoms with Gasteiger partial charge in [0.2, 0.25) is 6.41 Å². The highest BCUT2D eigenvalue weighted by atomic mass is 32.2. The molecule has 0 bridgehead atoms. The summed E-state index contributed by atoms with van der Waals surface area (Å²) in [5, 5.41) is 0. The van der Waals surface area contributed by atoms with Crippen molar-refractivity contribution in [1.82, 2.24) is 0 Å². The zero-order valence-electron chi connectivity index (χ0n) is 7.41. The topological polar surface area (TPSA) is 74.7 Å². The van der Waals surface area contributed by atoms with Gasteiger partial charge in [-0.1, -0.05) is 6.07 Å². The van der Waals surface area contributed by atoms with E-state index in [9.17, 15) is 13.2 Å². The van der Waals surface area contributed by atoms with E-state index in [1.165, 1.54) is 30.1 Å². The van der Waals surface area contributed by atoms with Gasteiger partial charge in [-0.2, -0.15) is 8.42 Å². The van der Waals surface area contributed by atoms with Gasteiger partial charge in [0.25, 0.3) is 10.1 Å². The monoisotopic (exact) mass is 215 g/mol. The lowest BCUT2D eigenvalue weighted by atomic mass is 10.3. The van der Waals surface area contributed by atoms with Crippen molar-refractivity contribution in [3.8, 4) is 0 Å². The Balaban J connectivity index is 3.20. The van der Waals surface area contributed by atoms with Gasteiger partial charge in [0.1, 0.15) is 0 Å².